The molecule has 0 bridgehead atoms. The van der Waals surface area contributed by atoms with E-state index >= 15 is 0 Å². The number of aromatic nitrogens is 2. The molecule has 0 unspecified atom stereocenters. The smallest absolute Gasteiger partial charge is 0.162 e. The van der Waals surface area contributed by atoms with Gasteiger partial charge in [-0.2, -0.15) is 0 Å². The second kappa shape index (κ2) is 3.55. The van der Waals surface area contributed by atoms with Gasteiger partial charge in [-0.3, -0.25) is 0 Å². The van der Waals surface area contributed by atoms with Gasteiger partial charge in [0.1, 0.15) is 8.85 Å². The van der Waals surface area contributed by atoms with Crippen LogP contribution in [0.15, 0.2) is 18.2 Å². The van der Waals surface area contributed by atoms with E-state index in [9.17, 15) is 0 Å². The third-order valence-corrected chi connectivity index (χ3v) is 2.83. The molecule has 2 heterocycles. The third kappa shape index (κ3) is 1.87. The van der Waals surface area contributed by atoms with Crippen molar-refractivity contribution in [2.45, 2.75) is 0 Å². The maximum absolute atomic E-state index is 5.80. The van der Waals surface area contributed by atoms with Gasteiger partial charge in [-0.05, 0) is 40.8 Å². The molecule has 13 heavy (non-hydrogen) atoms. The quantitative estimate of drug-likeness (QED) is 0.547. The van der Waals surface area contributed by atoms with E-state index in [1.165, 1.54) is 0 Å². The van der Waals surface area contributed by atoms with E-state index in [4.69, 9.17) is 23.2 Å². The normalized spacial score (nSPS) is 10.7. The maximum atomic E-state index is 5.80. The average molecular weight is 325 g/mol. The van der Waals surface area contributed by atoms with Crippen molar-refractivity contribution in [3.8, 4) is 0 Å². The number of halogens is 3. The summed E-state index contributed by atoms with van der Waals surface area (Å²) in [5.74, 6) is 0. The first-order valence-electron chi connectivity index (χ1n) is 3.45. The van der Waals surface area contributed by atoms with E-state index in [0.29, 0.717) is 15.8 Å². The summed E-state index contributed by atoms with van der Waals surface area (Å²) >= 11 is 13.7. The summed E-state index contributed by atoms with van der Waals surface area (Å²) in [4.78, 5) is 8.26. The van der Waals surface area contributed by atoms with Crippen LogP contribution in [0.5, 0.6) is 0 Å². The number of hydrogen-bond donors (Lipinski definition) is 0. The highest BCUT2D eigenvalue weighted by atomic mass is 127. The minimum Gasteiger partial charge on any atom is -0.222 e. The molecule has 0 fully saturated rings. The molecule has 2 rings (SSSR count). The Hall–Kier alpha value is -0.130. The summed E-state index contributed by atoms with van der Waals surface area (Å²) in [6.07, 6.45) is 0. The molecule has 0 N–H and O–H groups in total. The standard InChI is InChI=1S/C8H3Cl2IN2/c9-5-3-4-1-2-6(11)12-8(4)13-7(5)10/h1-3H. The largest absolute Gasteiger partial charge is 0.222 e. The Morgan fingerprint density at radius 3 is 2.69 bits per heavy atom. The Kier molecular flexibility index (Phi) is 2.58. The first-order chi connectivity index (χ1) is 6.16. The zero-order valence-corrected chi connectivity index (χ0v) is 9.93. The summed E-state index contributed by atoms with van der Waals surface area (Å²) in [5.41, 5.74) is 0.626. The summed E-state index contributed by atoms with van der Waals surface area (Å²) in [7, 11) is 0. The monoisotopic (exact) mass is 324 g/mol. The van der Waals surface area contributed by atoms with Gasteiger partial charge in [0.25, 0.3) is 0 Å². The zero-order valence-electron chi connectivity index (χ0n) is 6.26. The second-order valence-electron chi connectivity index (χ2n) is 2.44. The molecule has 2 nitrogen and oxygen atoms in total. The van der Waals surface area contributed by atoms with Gasteiger partial charge >= 0.3 is 0 Å². The van der Waals surface area contributed by atoms with Crippen LogP contribution in [0, 0.1) is 3.70 Å². The van der Waals surface area contributed by atoms with Crippen molar-refractivity contribution in [2.75, 3.05) is 0 Å². The molecular weight excluding hydrogens is 322 g/mol. The fourth-order valence-electron chi connectivity index (χ4n) is 0.981. The van der Waals surface area contributed by atoms with Gasteiger partial charge in [-0.25, -0.2) is 9.97 Å². The van der Waals surface area contributed by atoms with Crippen LogP contribution < -0.4 is 0 Å². The van der Waals surface area contributed by atoms with Crippen LogP contribution in [0.3, 0.4) is 0 Å². The molecular formula is C8H3Cl2IN2. The molecule has 0 saturated heterocycles. The molecule has 0 atom stereocenters. The van der Waals surface area contributed by atoms with E-state index in [2.05, 4.69) is 32.6 Å². The van der Waals surface area contributed by atoms with Crippen LogP contribution in [-0.4, -0.2) is 9.97 Å². The van der Waals surface area contributed by atoms with Gasteiger partial charge in [0.05, 0.1) is 5.02 Å². The van der Waals surface area contributed by atoms with Crippen LogP contribution in [0.2, 0.25) is 10.2 Å². The topological polar surface area (TPSA) is 25.8 Å². The highest BCUT2D eigenvalue weighted by Gasteiger charge is 2.03. The number of pyridine rings is 2. The maximum Gasteiger partial charge on any atom is 0.162 e. The fraction of sp³-hybridized carbons (Fsp3) is 0. The lowest BCUT2D eigenvalue weighted by atomic mass is 10.3. The fourth-order valence-corrected chi connectivity index (χ4v) is 1.68. The average Bonchev–Trinajstić information content (AvgIpc) is 2.08. The molecule has 0 spiro atoms. The van der Waals surface area contributed by atoms with Gasteiger partial charge in [0, 0.05) is 5.39 Å². The lowest BCUT2D eigenvalue weighted by molar-refractivity contribution is 1.25. The molecule has 2 aromatic heterocycles. The van der Waals surface area contributed by atoms with Crippen LogP contribution in [0.4, 0.5) is 0 Å². The molecule has 0 saturated carbocycles. The Labute approximate surface area is 98.4 Å². The summed E-state index contributed by atoms with van der Waals surface area (Å²) < 4.78 is 0.885. The van der Waals surface area contributed by atoms with Gasteiger partial charge in [0.15, 0.2) is 5.65 Å². The molecule has 0 aromatic carbocycles. The van der Waals surface area contributed by atoms with Crippen LogP contribution in [-0.2, 0) is 0 Å². The first-order valence-corrected chi connectivity index (χ1v) is 5.28. The number of hydrogen-bond acceptors (Lipinski definition) is 2. The summed E-state index contributed by atoms with van der Waals surface area (Å²) in [6.45, 7) is 0. The highest BCUT2D eigenvalue weighted by molar-refractivity contribution is 14.1. The lowest BCUT2D eigenvalue weighted by Gasteiger charge is -1.99. The molecule has 66 valence electrons. The summed E-state index contributed by atoms with van der Waals surface area (Å²) in [5, 5.41) is 1.65. The van der Waals surface area contributed by atoms with Gasteiger partial charge in [-0.1, -0.05) is 23.2 Å². The van der Waals surface area contributed by atoms with Crippen molar-refractivity contribution in [3.05, 3.63) is 32.1 Å². The van der Waals surface area contributed by atoms with E-state index in [1.807, 2.05) is 12.1 Å². The molecule has 0 aliphatic rings. The predicted molar refractivity (Wildman–Crippen MR) is 62.3 cm³/mol. The van der Waals surface area contributed by atoms with E-state index in [-0.39, 0.29) is 0 Å². The Morgan fingerprint density at radius 2 is 1.92 bits per heavy atom. The minimum atomic E-state index is 0.295. The van der Waals surface area contributed by atoms with E-state index in [0.717, 1.165) is 9.09 Å². The molecule has 0 aliphatic carbocycles. The van der Waals surface area contributed by atoms with Gasteiger partial charge < -0.3 is 0 Å². The van der Waals surface area contributed by atoms with E-state index in [1.54, 1.807) is 6.07 Å². The Morgan fingerprint density at radius 1 is 1.15 bits per heavy atom. The number of nitrogens with zero attached hydrogens (tertiary/aromatic N) is 2. The molecule has 0 amide bonds. The Bertz CT molecular complexity index is 473. The van der Waals surface area contributed by atoms with Gasteiger partial charge in [-0.15, -0.1) is 0 Å². The van der Waals surface area contributed by atoms with Crippen molar-refractivity contribution in [1.29, 1.82) is 0 Å². The van der Waals surface area contributed by atoms with Crippen LogP contribution >= 0.6 is 45.8 Å². The molecule has 0 radical (unpaired) electrons. The SMILES string of the molecule is Clc1cc2ccc(I)nc2nc1Cl. The molecule has 2 aromatic rings. The molecule has 5 heteroatoms. The Balaban J connectivity index is 2.81. The molecule has 0 aliphatic heterocycles. The second-order valence-corrected chi connectivity index (χ2v) is 4.31. The summed E-state index contributed by atoms with van der Waals surface area (Å²) in [6, 6.07) is 5.57. The first kappa shape index (κ1) is 9.43. The predicted octanol–water partition coefficient (Wildman–Crippen LogP) is 3.54. The third-order valence-electron chi connectivity index (χ3n) is 1.55. The van der Waals surface area contributed by atoms with Crippen molar-refractivity contribution in [1.82, 2.24) is 9.97 Å². The van der Waals surface area contributed by atoms with Crippen LogP contribution in [0.1, 0.15) is 0 Å². The zero-order chi connectivity index (χ0) is 9.42. The number of fused-ring (bicyclic) bond motifs is 1. The van der Waals surface area contributed by atoms with Crippen LogP contribution in [0.25, 0.3) is 11.0 Å². The minimum absolute atomic E-state index is 0.295. The van der Waals surface area contributed by atoms with Crippen molar-refractivity contribution in [3.63, 3.8) is 0 Å². The lowest BCUT2D eigenvalue weighted by Crippen LogP contribution is -1.87. The van der Waals surface area contributed by atoms with Crippen molar-refractivity contribution >= 4 is 56.8 Å². The number of rotatable bonds is 0. The van der Waals surface area contributed by atoms with E-state index < -0.39 is 0 Å². The van der Waals surface area contributed by atoms with Gasteiger partial charge in [0.2, 0.25) is 0 Å². The van der Waals surface area contributed by atoms with Crippen molar-refractivity contribution < 1.29 is 0 Å². The van der Waals surface area contributed by atoms with Crippen molar-refractivity contribution in [2.24, 2.45) is 0 Å². The highest BCUT2D eigenvalue weighted by Crippen LogP contribution is 2.23.